The summed E-state index contributed by atoms with van der Waals surface area (Å²) in [6.45, 7) is 2.21. The Morgan fingerprint density at radius 3 is 2.81 bits per heavy atom. The fourth-order valence-corrected chi connectivity index (χ4v) is 2.86. The van der Waals surface area contributed by atoms with Crippen LogP contribution in [0.3, 0.4) is 0 Å². The molecule has 1 N–H and O–H groups in total. The molecule has 0 radical (unpaired) electrons. The molecule has 0 aliphatic heterocycles. The Hall–Kier alpha value is -0.640. The van der Waals surface area contributed by atoms with Crippen molar-refractivity contribution in [1.29, 1.82) is 0 Å². The first-order valence-electron chi connectivity index (χ1n) is 6.48. The highest BCUT2D eigenvalue weighted by molar-refractivity contribution is 7.71. The Morgan fingerprint density at radius 2 is 2.12 bits per heavy atom. The van der Waals surface area contributed by atoms with Crippen LogP contribution in [-0.2, 0) is 6.42 Å². The summed E-state index contributed by atoms with van der Waals surface area (Å²) in [5, 5.41) is 7.33. The first-order valence-corrected chi connectivity index (χ1v) is 6.89. The Bertz CT molecular complexity index is 374. The van der Waals surface area contributed by atoms with Crippen molar-refractivity contribution in [1.82, 2.24) is 14.8 Å². The number of unbranched alkanes of at least 4 members (excludes halogenated alkanes) is 1. The van der Waals surface area contributed by atoms with Gasteiger partial charge in [0.15, 0.2) is 4.77 Å². The highest BCUT2D eigenvalue weighted by Gasteiger charge is 2.19. The average molecular weight is 239 g/mol. The molecule has 0 aromatic carbocycles. The molecule has 0 bridgehead atoms. The summed E-state index contributed by atoms with van der Waals surface area (Å²) in [4.78, 5) is 0. The fourth-order valence-electron chi connectivity index (χ4n) is 2.56. The third-order valence-electron chi connectivity index (χ3n) is 3.47. The molecule has 4 heteroatoms. The number of hydrogen-bond acceptors (Lipinski definition) is 2. The van der Waals surface area contributed by atoms with E-state index in [0.29, 0.717) is 6.04 Å². The molecule has 0 saturated heterocycles. The smallest absolute Gasteiger partial charge is 0.195 e. The minimum Gasteiger partial charge on any atom is -0.301 e. The van der Waals surface area contributed by atoms with E-state index in [1.807, 2.05) is 0 Å². The fraction of sp³-hybridized carbons (Fsp3) is 0.833. The summed E-state index contributed by atoms with van der Waals surface area (Å²) in [6.07, 6.45) is 10.1. The number of hydrogen-bond donors (Lipinski definition) is 1. The molecule has 1 fully saturated rings. The van der Waals surface area contributed by atoms with Crippen molar-refractivity contribution in [2.45, 2.75) is 64.3 Å². The number of rotatable bonds is 4. The van der Waals surface area contributed by atoms with Crippen LogP contribution in [0.1, 0.15) is 63.7 Å². The van der Waals surface area contributed by atoms with Crippen LogP contribution in [-0.4, -0.2) is 14.8 Å². The standard InChI is InChI=1S/C12H21N3S/c1-2-3-9-11-13-14-12(16)15(11)10-7-5-4-6-8-10/h10H,2-9H2,1H3,(H,14,16). The minimum absolute atomic E-state index is 0.604. The first-order chi connectivity index (χ1) is 7.83. The Kier molecular flexibility index (Phi) is 4.16. The molecular weight excluding hydrogens is 218 g/mol. The predicted molar refractivity (Wildman–Crippen MR) is 68.1 cm³/mol. The monoisotopic (exact) mass is 239 g/mol. The van der Waals surface area contributed by atoms with Crippen LogP contribution in [0.4, 0.5) is 0 Å². The van der Waals surface area contributed by atoms with E-state index < -0.39 is 0 Å². The van der Waals surface area contributed by atoms with Gasteiger partial charge in [-0.15, -0.1) is 0 Å². The zero-order valence-electron chi connectivity index (χ0n) is 10.0. The molecule has 0 atom stereocenters. The van der Waals surface area contributed by atoms with Crippen molar-refractivity contribution in [2.24, 2.45) is 0 Å². The van der Waals surface area contributed by atoms with Gasteiger partial charge in [-0.05, 0) is 31.5 Å². The average Bonchev–Trinajstić information content (AvgIpc) is 2.69. The van der Waals surface area contributed by atoms with Crippen molar-refractivity contribution < 1.29 is 0 Å². The van der Waals surface area contributed by atoms with Gasteiger partial charge in [-0.25, -0.2) is 0 Å². The van der Waals surface area contributed by atoms with E-state index in [-0.39, 0.29) is 0 Å². The zero-order chi connectivity index (χ0) is 11.4. The molecule has 0 spiro atoms. The van der Waals surface area contributed by atoms with Gasteiger partial charge in [0.1, 0.15) is 5.82 Å². The normalized spacial score (nSPS) is 17.8. The maximum Gasteiger partial charge on any atom is 0.195 e. The molecule has 1 aromatic rings. The van der Waals surface area contributed by atoms with Gasteiger partial charge in [-0.1, -0.05) is 32.6 Å². The topological polar surface area (TPSA) is 33.6 Å². The largest absolute Gasteiger partial charge is 0.301 e. The number of aromatic amines is 1. The second-order valence-electron chi connectivity index (χ2n) is 4.71. The van der Waals surface area contributed by atoms with Gasteiger partial charge in [-0.3, -0.25) is 5.10 Å². The second-order valence-corrected chi connectivity index (χ2v) is 5.10. The molecule has 1 aromatic heterocycles. The van der Waals surface area contributed by atoms with Gasteiger partial charge >= 0.3 is 0 Å². The zero-order valence-corrected chi connectivity index (χ0v) is 10.9. The summed E-state index contributed by atoms with van der Waals surface area (Å²) >= 11 is 5.35. The lowest BCUT2D eigenvalue weighted by Crippen LogP contribution is -2.15. The summed E-state index contributed by atoms with van der Waals surface area (Å²) in [5.74, 6) is 1.17. The van der Waals surface area contributed by atoms with Crippen molar-refractivity contribution >= 4 is 12.2 Å². The molecular formula is C12H21N3S. The van der Waals surface area contributed by atoms with Crippen LogP contribution in [0.5, 0.6) is 0 Å². The number of aromatic nitrogens is 3. The maximum atomic E-state index is 5.35. The number of nitrogens with zero attached hydrogens (tertiary/aromatic N) is 2. The van der Waals surface area contributed by atoms with Crippen LogP contribution in [0.15, 0.2) is 0 Å². The second kappa shape index (κ2) is 5.62. The van der Waals surface area contributed by atoms with Crippen molar-refractivity contribution in [3.8, 4) is 0 Å². The van der Waals surface area contributed by atoms with Gasteiger partial charge in [0.25, 0.3) is 0 Å². The van der Waals surface area contributed by atoms with Crippen LogP contribution in [0, 0.1) is 4.77 Å². The van der Waals surface area contributed by atoms with Gasteiger partial charge in [0.2, 0.25) is 0 Å². The third-order valence-corrected chi connectivity index (χ3v) is 3.76. The third kappa shape index (κ3) is 2.54. The van der Waals surface area contributed by atoms with E-state index in [2.05, 4.69) is 21.7 Å². The highest BCUT2D eigenvalue weighted by Crippen LogP contribution is 2.29. The van der Waals surface area contributed by atoms with E-state index in [1.54, 1.807) is 0 Å². The lowest BCUT2D eigenvalue weighted by Gasteiger charge is -2.24. The summed E-state index contributed by atoms with van der Waals surface area (Å²) in [5.41, 5.74) is 0. The molecule has 1 heterocycles. The molecule has 2 rings (SSSR count). The minimum atomic E-state index is 0.604. The van der Waals surface area contributed by atoms with Gasteiger partial charge < -0.3 is 4.57 Å². The van der Waals surface area contributed by atoms with Crippen LogP contribution >= 0.6 is 12.2 Å². The van der Waals surface area contributed by atoms with Crippen molar-refractivity contribution in [2.75, 3.05) is 0 Å². The molecule has 3 nitrogen and oxygen atoms in total. The lowest BCUT2D eigenvalue weighted by atomic mass is 9.95. The highest BCUT2D eigenvalue weighted by atomic mass is 32.1. The molecule has 1 aliphatic rings. The van der Waals surface area contributed by atoms with E-state index >= 15 is 0 Å². The Balaban J connectivity index is 2.16. The van der Waals surface area contributed by atoms with Gasteiger partial charge in [0, 0.05) is 12.5 Å². The first kappa shape index (κ1) is 11.8. The van der Waals surface area contributed by atoms with Crippen LogP contribution < -0.4 is 0 Å². The van der Waals surface area contributed by atoms with Crippen molar-refractivity contribution in [3.63, 3.8) is 0 Å². The molecule has 16 heavy (non-hydrogen) atoms. The summed E-state index contributed by atoms with van der Waals surface area (Å²) in [6, 6.07) is 0.604. The SMILES string of the molecule is CCCCc1n[nH]c(=S)n1C1CCCCC1. The van der Waals surface area contributed by atoms with Gasteiger partial charge in [-0.2, -0.15) is 5.10 Å². The van der Waals surface area contributed by atoms with E-state index in [4.69, 9.17) is 12.2 Å². The van der Waals surface area contributed by atoms with E-state index in [9.17, 15) is 0 Å². The quantitative estimate of drug-likeness (QED) is 0.811. The van der Waals surface area contributed by atoms with Crippen molar-refractivity contribution in [3.05, 3.63) is 10.6 Å². The Morgan fingerprint density at radius 1 is 1.38 bits per heavy atom. The van der Waals surface area contributed by atoms with E-state index in [1.165, 1.54) is 50.8 Å². The Labute approximate surface area is 102 Å². The number of nitrogens with one attached hydrogen (secondary N) is 1. The maximum absolute atomic E-state index is 5.35. The molecule has 0 unspecified atom stereocenters. The van der Waals surface area contributed by atoms with Gasteiger partial charge in [0.05, 0.1) is 0 Å². The number of H-pyrrole nitrogens is 1. The molecule has 1 aliphatic carbocycles. The molecule has 0 amide bonds. The number of aryl methyl sites for hydroxylation is 1. The molecule has 90 valence electrons. The van der Waals surface area contributed by atoms with E-state index in [0.717, 1.165) is 11.2 Å². The van der Waals surface area contributed by atoms with Crippen LogP contribution in [0.25, 0.3) is 0 Å². The summed E-state index contributed by atoms with van der Waals surface area (Å²) < 4.78 is 3.10. The lowest BCUT2D eigenvalue weighted by molar-refractivity contribution is 0.342. The predicted octanol–water partition coefficient (Wildman–Crippen LogP) is 3.79. The summed E-state index contributed by atoms with van der Waals surface area (Å²) in [7, 11) is 0. The molecule has 1 saturated carbocycles. The van der Waals surface area contributed by atoms with Crippen LogP contribution in [0.2, 0.25) is 0 Å².